The van der Waals surface area contributed by atoms with E-state index in [0.29, 0.717) is 11.8 Å². The first-order valence-electron chi connectivity index (χ1n) is 4.82. The summed E-state index contributed by atoms with van der Waals surface area (Å²) in [4.78, 5) is 2.02. The highest BCUT2D eigenvalue weighted by Gasteiger charge is 2.19. The molecule has 15 heavy (non-hydrogen) atoms. The summed E-state index contributed by atoms with van der Waals surface area (Å²) < 4.78 is 0. The molecule has 0 radical (unpaired) electrons. The summed E-state index contributed by atoms with van der Waals surface area (Å²) >= 11 is 0. The quantitative estimate of drug-likeness (QED) is 0.598. The van der Waals surface area contributed by atoms with Gasteiger partial charge in [-0.1, -0.05) is 13.8 Å². The minimum Gasteiger partial charge on any atom is -0.335 e. The molecule has 1 aliphatic heterocycles. The van der Waals surface area contributed by atoms with E-state index in [1.54, 1.807) is 0 Å². The van der Waals surface area contributed by atoms with Crippen molar-refractivity contribution >= 4 is 30.6 Å². The van der Waals surface area contributed by atoms with Crippen LogP contribution >= 0.6 is 24.8 Å². The van der Waals surface area contributed by atoms with Crippen LogP contribution < -0.4 is 0 Å². The standard InChI is InChI=1S/C9H18N4.2ClH/c1-7(2)6-9(10)13-5-4-11-12-8(13)3;;/h7-8,10H,4-6H2,1-3H3;2*1H. The van der Waals surface area contributed by atoms with E-state index in [0.717, 1.165) is 19.5 Å². The maximum Gasteiger partial charge on any atom is 0.140 e. The minimum absolute atomic E-state index is 0. The number of rotatable bonds is 2. The zero-order valence-electron chi connectivity index (χ0n) is 9.43. The first-order chi connectivity index (χ1) is 6.11. The van der Waals surface area contributed by atoms with Gasteiger partial charge in [-0.15, -0.1) is 24.8 Å². The Bertz CT molecular complexity index is 218. The van der Waals surface area contributed by atoms with Crippen LogP contribution in [0.3, 0.4) is 0 Å². The van der Waals surface area contributed by atoms with Gasteiger partial charge < -0.3 is 4.90 Å². The third-order valence-electron chi connectivity index (χ3n) is 2.09. The van der Waals surface area contributed by atoms with Crippen molar-refractivity contribution < 1.29 is 0 Å². The van der Waals surface area contributed by atoms with Gasteiger partial charge in [0.25, 0.3) is 0 Å². The molecule has 0 fully saturated rings. The van der Waals surface area contributed by atoms with Gasteiger partial charge in [-0.3, -0.25) is 5.41 Å². The molecule has 6 heteroatoms. The van der Waals surface area contributed by atoms with E-state index in [1.165, 1.54) is 0 Å². The van der Waals surface area contributed by atoms with Crippen LogP contribution in [0.25, 0.3) is 0 Å². The lowest BCUT2D eigenvalue weighted by Crippen LogP contribution is -2.41. The lowest BCUT2D eigenvalue weighted by molar-refractivity contribution is 0.293. The molecule has 1 rings (SSSR count). The third-order valence-corrected chi connectivity index (χ3v) is 2.09. The van der Waals surface area contributed by atoms with Crippen molar-refractivity contribution in [2.75, 3.05) is 13.1 Å². The molecule has 1 atom stereocenters. The van der Waals surface area contributed by atoms with Gasteiger partial charge >= 0.3 is 0 Å². The summed E-state index contributed by atoms with van der Waals surface area (Å²) in [6, 6.07) is 0. The molecule has 0 bridgehead atoms. The van der Waals surface area contributed by atoms with Gasteiger partial charge in [0.2, 0.25) is 0 Å². The lowest BCUT2D eigenvalue weighted by Gasteiger charge is -2.30. The molecular formula is C9H20Cl2N4. The molecule has 0 aromatic heterocycles. The van der Waals surface area contributed by atoms with Crippen LogP contribution in [-0.2, 0) is 0 Å². The highest BCUT2D eigenvalue weighted by molar-refractivity contribution is 5.85. The number of azo groups is 1. The molecule has 0 saturated carbocycles. The maximum absolute atomic E-state index is 7.87. The maximum atomic E-state index is 7.87. The van der Waals surface area contributed by atoms with E-state index in [4.69, 9.17) is 5.41 Å². The summed E-state index contributed by atoms with van der Waals surface area (Å²) in [5, 5.41) is 15.9. The molecule has 0 saturated heterocycles. The Morgan fingerprint density at radius 2 is 2.07 bits per heavy atom. The van der Waals surface area contributed by atoms with Crippen LogP contribution in [0.15, 0.2) is 10.2 Å². The topological polar surface area (TPSA) is 51.8 Å². The highest BCUT2D eigenvalue weighted by Crippen LogP contribution is 2.11. The lowest BCUT2D eigenvalue weighted by atomic mass is 10.1. The second-order valence-electron chi connectivity index (χ2n) is 3.85. The number of hydrogen-bond acceptors (Lipinski definition) is 3. The molecule has 0 amide bonds. The number of nitrogens with zero attached hydrogens (tertiary/aromatic N) is 3. The first-order valence-corrected chi connectivity index (χ1v) is 4.82. The summed E-state index contributed by atoms with van der Waals surface area (Å²) in [6.07, 6.45) is 0.889. The fourth-order valence-corrected chi connectivity index (χ4v) is 1.44. The van der Waals surface area contributed by atoms with Crippen molar-refractivity contribution in [2.24, 2.45) is 16.1 Å². The molecule has 0 aromatic rings. The van der Waals surface area contributed by atoms with Crippen molar-refractivity contribution in [2.45, 2.75) is 33.4 Å². The third kappa shape index (κ3) is 5.33. The van der Waals surface area contributed by atoms with E-state index >= 15 is 0 Å². The molecule has 0 aliphatic carbocycles. The Hall–Kier alpha value is -0.350. The van der Waals surface area contributed by atoms with Gasteiger partial charge in [0, 0.05) is 13.0 Å². The zero-order valence-corrected chi connectivity index (χ0v) is 11.1. The van der Waals surface area contributed by atoms with E-state index in [9.17, 15) is 0 Å². The second-order valence-corrected chi connectivity index (χ2v) is 3.85. The molecule has 0 spiro atoms. The summed E-state index contributed by atoms with van der Waals surface area (Å²) in [5.74, 6) is 1.24. The molecule has 1 N–H and O–H groups in total. The average Bonchev–Trinajstić information content (AvgIpc) is 2.03. The van der Waals surface area contributed by atoms with Crippen molar-refractivity contribution in [3.05, 3.63) is 0 Å². The summed E-state index contributed by atoms with van der Waals surface area (Å²) in [5.41, 5.74) is 0. The summed E-state index contributed by atoms with van der Waals surface area (Å²) in [7, 11) is 0. The largest absolute Gasteiger partial charge is 0.335 e. The molecule has 1 aliphatic rings. The molecule has 0 aromatic carbocycles. The molecule has 4 nitrogen and oxygen atoms in total. The van der Waals surface area contributed by atoms with Crippen LogP contribution in [0.1, 0.15) is 27.2 Å². The fraction of sp³-hybridized carbons (Fsp3) is 0.889. The Balaban J connectivity index is 0. The second kappa shape index (κ2) is 7.88. The van der Waals surface area contributed by atoms with Gasteiger partial charge in [0.1, 0.15) is 6.17 Å². The van der Waals surface area contributed by atoms with Crippen LogP contribution in [0.4, 0.5) is 0 Å². The van der Waals surface area contributed by atoms with E-state index < -0.39 is 0 Å². The Morgan fingerprint density at radius 3 is 2.53 bits per heavy atom. The van der Waals surface area contributed by atoms with Crippen LogP contribution in [-0.4, -0.2) is 30.0 Å². The van der Waals surface area contributed by atoms with E-state index in [2.05, 4.69) is 24.1 Å². The van der Waals surface area contributed by atoms with Gasteiger partial charge in [-0.05, 0) is 12.8 Å². The summed E-state index contributed by atoms with van der Waals surface area (Å²) in [6.45, 7) is 7.81. The van der Waals surface area contributed by atoms with Crippen molar-refractivity contribution in [1.82, 2.24) is 4.90 Å². The first kappa shape index (κ1) is 17.1. The van der Waals surface area contributed by atoms with Crippen LogP contribution in [0.2, 0.25) is 0 Å². The Labute approximate surface area is 104 Å². The molecule has 1 heterocycles. The van der Waals surface area contributed by atoms with Crippen molar-refractivity contribution in [1.29, 1.82) is 5.41 Å². The molecular weight excluding hydrogens is 235 g/mol. The Kier molecular flexibility index (Phi) is 8.96. The van der Waals surface area contributed by atoms with E-state index in [-0.39, 0.29) is 31.0 Å². The predicted molar refractivity (Wildman–Crippen MR) is 67.6 cm³/mol. The SMILES string of the molecule is CC(C)CC(=N)N1CCN=NC1C.Cl.Cl. The van der Waals surface area contributed by atoms with Crippen molar-refractivity contribution in [3.8, 4) is 0 Å². The van der Waals surface area contributed by atoms with Gasteiger partial charge in [-0.25, -0.2) is 0 Å². The zero-order chi connectivity index (χ0) is 9.84. The normalized spacial score (nSPS) is 19.5. The molecule has 90 valence electrons. The van der Waals surface area contributed by atoms with E-state index in [1.807, 2.05) is 11.8 Å². The van der Waals surface area contributed by atoms with Gasteiger partial charge in [-0.2, -0.15) is 10.2 Å². The Morgan fingerprint density at radius 1 is 1.47 bits per heavy atom. The predicted octanol–water partition coefficient (Wildman–Crippen LogP) is 2.97. The van der Waals surface area contributed by atoms with Crippen molar-refractivity contribution in [3.63, 3.8) is 0 Å². The average molecular weight is 255 g/mol. The number of nitrogens with one attached hydrogen (secondary N) is 1. The smallest absolute Gasteiger partial charge is 0.140 e. The van der Waals surface area contributed by atoms with Gasteiger partial charge in [0.05, 0.1) is 12.4 Å². The number of halogens is 2. The molecule has 1 unspecified atom stereocenters. The number of amidine groups is 1. The fourth-order valence-electron chi connectivity index (χ4n) is 1.44. The highest BCUT2D eigenvalue weighted by atomic mass is 35.5. The number of hydrogen-bond donors (Lipinski definition) is 1. The van der Waals surface area contributed by atoms with Crippen LogP contribution in [0, 0.1) is 11.3 Å². The minimum atomic E-state index is 0. The monoisotopic (exact) mass is 254 g/mol. The van der Waals surface area contributed by atoms with Gasteiger partial charge in [0.15, 0.2) is 0 Å². The van der Waals surface area contributed by atoms with Crippen LogP contribution in [0.5, 0.6) is 0 Å².